The van der Waals surface area contributed by atoms with E-state index in [1.807, 2.05) is 0 Å². The van der Waals surface area contributed by atoms with Gasteiger partial charge >= 0.3 is 12.1 Å². The number of nitrogens with two attached hydrogens (primary N) is 1. The van der Waals surface area contributed by atoms with Gasteiger partial charge in [-0.1, -0.05) is 48.8 Å². The SMILES string of the molecule is CCC(C)[C@H]1NC(=O)CNC(=O)C2Cc3c([nH]c4cc(O)ccc34)S(=O)C[C@@H](NC(=O)CNC1=O)C(=O)N[C@@H](CC(N)=O)C(=O)N1C[C@H](O)C[C@H]1C(=O)N[C@@H]([C@H](C)[C@@H](O)COC(=O)OCCSSC[C@H](NC(=O)[C@H](CCC(=O)NC[C@H](O)[C@@H](O)[C@H](O)[C@H](O)CO)NC)C(=O)O)C(=O)N2. The number of carbonyl (C=O) groups is 13. The first-order valence-electron chi connectivity index (χ1n) is 30.8. The van der Waals surface area contributed by atoms with Crippen molar-refractivity contribution >= 4 is 120 Å². The van der Waals surface area contributed by atoms with E-state index in [1.165, 1.54) is 32.2 Å². The summed E-state index contributed by atoms with van der Waals surface area (Å²) >= 11 is 0. The Kier molecular flexibility index (Phi) is 31.6. The number of fused-ring (bicyclic) bond motifs is 5. The monoisotopic (exact) mass is 1450 g/mol. The number of phenolic OH excluding ortho intramolecular Hbond substituents is 1. The van der Waals surface area contributed by atoms with Crippen molar-refractivity contribution in [1.29, 1.82) is 0 Å². The van der Waals surface area contributed by atoms with Gasteiger partial charge in [-0.25, -0.2) is 9.59 Å². The van der Waals surface area contributed by atoms with E-state index in [9.17, 15) is 103 Å². The number of likely N-dealkylation sites (N-methyl/N-ethyl adjacent to an activating group) is 1. The molecule has 3 unspecified atom stereocenters. The van der Waals surface area contributed by atoms with Gasteiger partial charge in [0.2, 0.25) is 65.0 Å². The molecule has 1 aromatic carbocycles. The Labute approximate surface area is 569 Å². The Bertz CT molecular complexity index is 3240. The average Bonchev–Trinajstić information content (AvgIpc) is 1.63. The Morgan fingerprint density at radius 3 is 2.13 bits per heavy atom. The van der Waals surface area contributed by atoms with Crippen molar-refractivity contribution in [2.24, 2.45) is 17.6 Å². The van der Waals surface area contributed by atoms with Crippen LogP contribution in [0.25, 0.3) is 10.9 Å². The molecule has 38 nitrogen and oxygen atoms in total. The van der Waals surface area contributed by atoms with E-state index >= 15 is 4.79 Å². The molecule has 5 rings (SSSR count). The van der Waals surface area contributed by atoms with Gasteiger partial charge in [0, 0.05) is 61.2 Å². The maximum absolute atomic E-state index is 15.0. The topological polar surface area (TPSA) is 605 Å². The quantitative estimate of drug-likeness (QED) is 0.0224. The van der Waals surface area contributed by atoms with Crippen LogP contribution in [0.5, 0.6) is 5.75 Å². The number of nitrogens with one attached hydrogen (secondary N) is 11. The van der Waals surface area contributed by atoms with Gasteiger partial charge in [0.15, 0.2) is 0 Å². The number of H-pyrrole nitrogens is 1. The number of primary amides is 1. The van der Waals surface area contributed by atoms with Crippen molar-refractivity contribution in [1.82, 2.24) is 63.1 Å². The van der Waals surface area contributed by atoms with Crippen LogP contribution in [-0.2, 0) is 84.2 Å². The minimum Gasteiger partial charge on any atom is -0.508 e. The van der Waals surface area contributed by atoms with Gasteiger partial charge in [-0.05, 0) is 37.1 Å². The standard InChI is InChI=1S/C57H85N13O25S3/c1-5-24(2)44-52(87)62-17-42(79)63-35-23-98(93)54-29(28-7-6-26(72)12-31(28)67-54)14-32(48(83)61-18-43(80)68-44)64-53(88)45(69-51(86)36-13-27(73)19-70(36)55(89)33(15-40(58)77)65-50(35)85)25(3)39(76)21-95-57(92)94-10-11-96-97-22-34(56(90)91)66-49(84)30(59-4)8-9-41(78)60-16-37(74)46(81)47(82)38(75)20-71/h6-7,12,24-25,27,30,32-39,44-47,59,67,71-76,81-82H,5,8-11,13-23H2,1-4H3,(H2,58,77)(H,60,78)(H,61,83)(H,62,87)(H,63,79)(H,64,88)(H,65,85)(H,66,84)(H,68,80)(H,69,86)(H,90,91)/t24?,25-,27-,30+,32?,33+,34+,35-,36+,37+,38-,39+,44-,45+,46-,47-,98?/m1/s1. The molecule has 1 aromatic heterocycles. The molecule has 11 amide bonds. The molecule has 22 N–H and O–H groups in total. The molecule has 546 valence electrons. The minimum absolute atomic E-state index is 0.00835. The summed E-state index contributed by atoms with van der Waals surface area (Å²) in [7, 11) is 0.829. The van der Waals surface area contributed by atoms with E-state index in [0.717, 1.165) is 26.5 Å². The summed E-state index contributed by atoms with van der Waals surface area (Å²) in [5.41, 5.74) is 5.63. The number of amides is 11. The summed E-state index contributed by atoms with van der Waals surface area (Å²) in [5.74, 6) is -16.5. The van der Waals surface area contributed by atoms with Crippen molar-refractivity contribution in [2.75, 3.05) is 70.3 Å². The number of aromatic amines is 1. The fraction of sp³-hybridized carbons (Fsp3) is 0.632. The highest BCUT2D eigenvalue weighted by Gasteiger charge is 2.46. The Balaban J connectivity index is 1.36. The molecule has 41 heteroatoms. The van der Waals surface area contributed by atoms with Gasteiger partial charge in [-0.15, -0.1) is 0 Å². The fourth-order valence-corrected chi connectivity index (χ4v) is 13.7. The second kappa shape index (κ2) is 38.4. The van der Waals surface area contributed by atoms with Gasteiger partial charge in [-0.2, -0.15) is 0 Å². The molecule has 0 radical (unpaired) electrons. The van der Waals surface area contributed by atoms with Gasteiger partial charge in [0.25, 0.3) is 0 Å². The highest BCUT2D eigenvalue weighted by atomic mass is 33.1. The first-order valence-corrected chi connectivity index (χ1v) is 34.7. The summed E-state index contributed by atoms with van der Waals surface area (Å²) in [6.45, 7) is -0.616. The normalized spacial score (nSPS) is 24.5. The molecular formula is C57H85N13O25S3. The molecule has 0 aliphatic carbocycles. The van der Waals surface area contributed by atoms with E-state index in [-0.39, 0.29) is 58.2 Å². The van der Waals surface area contributed by atoms with Crippen LogP contribution in [0.2, 0.25) is 0 Å². The van der Waals surface area contributed by atoms with Crippen molar-refractivity contribution in [2.45, 2.75) is 149 Å². The Morgan fingerprint density at radius 2 is 1.48 bits per heavy atom. The first kappa shape index (κ1) is 80.7. The molecular weight excluding hydrogens is 1360 g/mol. The number of phenols is 1. The van der Waals surface area contributed by atoms with Crippen molar-refractivity contribution in [3.63, 3.8) is 0 Å². The van der Waals surface area contributed by atoms with Crippen LogP contribution >= 0.6 is 21.6 Å². The Morgan fingerprint density at radius 1 is 0.806 bits per heavy atom. The second-order valence-corrected chi connectivity index (χ2v) is 27.4. The van der Waals surface area contributed by atoms with Crippen LogP contribution in [0.3, 0.4) is 0 Å². The van der Waals surface area contributed by atoms with E-state index in [0.29, 0.717) is 6.42 Å². The number of benzene rings is 1. The molecule has 2 aromatic rings. The van der Waals surface area contributed by atoms with Crippen LogP contribution in [0.1, 0.15) is 58.4 Å². The number of hydrogen-bond acceptors (Lipinski definition) is 27. The number of carboxylic acids is 1. The zero-order valence-corrected chi connectivity index (χ0v) is 56.0. The van der Waals surface area contributed by atoms with E-state index in [4.69, 9.17) is 20.3 Å². The third-order valence-corrected chi connectivity index (χ3v) is 20.0. The van der Waals surface area contributed by atoms with Crippen LogP contribution < -0.4 is 58.9 Å². The molecule has 1 fully saturated rings. The summed E-state index contributed by atoms with van der Waals surface area (Å²) < 4.78 is 25.1. The summed E-state index contributed by atoms with van der Waals surface area (Å²) in [6, 6.07) is -9.53. The first-order chi connectivity index (χ1) is 46.3. The number of nitrogens with zero attached hydrogens (tertiary/aromatic N) is 1. The summed E-state index contributed by atoms with van der Waals surface area (Å²) in [6.07, 6.45) is -14.5. The molecule has 4 heterocycles. The number of hydrogen-bond donors (Lipinski definition) is 21. The van der Waals surface area contributed by atoms with E-state index in [2.05, 4.69) is 58.2 Å². The van der Waals surface area contributed by atoms with Gasteiger partial charge in [-0.3, -0.25) is 56.9 Å². The lowest BCUT2D eigenvalue weighted by Crippen LogP contribution is -2.62. The predicted molar refractivity (Wildman–Crippen MR) is 343 cm³/mol. The van der Waals surface area contributed by atoms with Crippen LogP contribution in [0, 0.1) is 11.8 Å². The molecule has 0 spiro atoms. The average molecular weight is 1450 g/mol. The highest BCUT2D eigenvalue weighted by Crippen LogP contribution is 2.31. The predicted octanol–water partition coefficient (Wildman–Crippen LogP) is -8.89. The number of ether oxygens (including phenoxy) is 2. The molecule has 1 saturated heterocycles. The lowest BCUT2D eigenvalue weighted by molar-refractivity contribution is -0.144. The van der Waals surface area contributed by atoms with E-state index < -0.39 is 249 Å². The van der Waals surface area contributed by atoms with Crippen LogP contribution in [0.15, 0.2) is 23.2 Å². The van der Waals surface area contributed by atoms with E-state index in [1.54, 1.807) is 13.8 Å². The van der Waals surface area contributed by atoms with Gasteiger partial charge in [0.05, 0.1) is 72.5 Å². The highest BCUT2D eigenvalue weighted by molar-refractivity contribution is 8.76. The zero-order chi connectivity index (χ0) is 72.8. The number of aliphatic hydroxyl groups excluding tert-OH is 7. The molecule has 2 bridgehead atoms. The number of aromatic nitrogens is 1. The number of aliphatic hydroxyl groups is 7. The third kappa shape index (κ3) is 23.3. The maximum Gasteiger partial charge on any atom is 0.508 e. The van der Waals surface area contributed by atoms with Crippen molar-refractivity contribution < 1.29 is 122 Å². The summed E-state index contributed by atoms with van der Waals surface area (Å²) in [4.78, 5) is 181. The number of rotatable bonds is 27. The smallest absolute Gasteiger partial charge is 0.508 e. The Hall–Kier alpha value is -8.00. The molecule has 3 aliphatic rings. The van der Waals surface area contributed by atoms with Crippen molar-refractivity contribution in [3.8, 4) is 5.75 Å². The lowest BCUT2D eigenvalue weighted by Gasteiger charge is -2.33. The summed E-state index contributed by atoms with van der Waals surface area (Å²) in [5, 5.41) is 115. The lowest BCUT2D eigenvalue weighted by atomic mass is 9.93. The molecule has 17 atom stereocenters. The number of aromatic hydroxyl groups is 1. The molecule has 3 aliphatic heterocycles. The van der Waals surface area contributed by atoms with Crippen molar-refractivity contribution in [3.05, 3.63) is 23.8 Å². The largest absolute Gasteiger partial charge is 0.508 e. The molecule has 98 heavy (non-hydrogen) atoms. The second-order valence-electron chi connectivity index (χ2n) is 23.4. The fourth-order valence-electron chi connectivity index (χ4n) is 10.3. The van der Waals surface area contributed by atoms with Crippen LogP contribution in [0.4, 0.5) is 4.79 Å². The number of aliphatic carboxylic acids is 1. The maximum atomic E-state index is 15.0. The third-order valence-electron chi connectivity index (χ3n) is 16.2. The van der Waals surface area contributed by atoms with Gasteiger partial charge in [0.1, 0.15) is 84.6 Å². The minimum atomic E-state index is -2.49. The number of carboxylic acid groups (broad SMARTS) is 1. The van der Waals surface area contributed by atoms with Gasteiger partial charge < -0.3 is 124 Å². The number of carbonyl (C=O) groups excluding carboxylic acids is 12. The molecule has 0 saturated carbocycles. The van der Waals surface area contributed by atoms with Crippen LogP contribution in [-0.4, -0.2) is 292 Å². The zero-order valence-electron chi connectivity index (χ0n) is 53.6.